The fourth-order valence-electron chi connectivity index (χ4n) is 5.21. The molecule has 2 aromatic rings. The highest BCUT2D eigenvalue weighted by molar-refractivity contribution is 6.30. The van der Waals surface area contributed by atoms with Gasteiger partial charge in [0, 0.05) is 30.0 Å². The molecule has 1 saturated carbocycles. The SMILES string of the molecule is CN1C(=O)C2(N=C1N)c1cc(-c3cc(F)cc(Cl)c3)ccc1OC1CC(C)(O)CCC12. The minimum Gasteiger partial charge on any atom is -0.490 e. The summed E-state index contributed by atoms with van der Waals surface area (Å²) < 4.78 is 20.2. The van der Waals surface area contributed by atoms with E-state index in [0.29, 0.717) is 41.7 Å². The van der Waals surface area contributed by atoms with Crippen molar-refractivity contribution in [2.75, 3.05) is 7.05 Å². The summed E-state index contributed by atoms with van der Waals surface area (Å²) in [7, 11) is 1.61. The van der Waals surface area contributed by atoms with E-state index >= 15 is 0 Å². The van der Waals surface area contributed by atoms with Gasteiger partial charge in [-0.3, -0.25) is 9.69 Å². The lowest BCUT2D eigenvalue weighted by Gasteiger charge is -2.49. The van der Waals surface area contributed by atoms with E-state index in [4.69, 9.17) is 27.1 Å². The molecule has 2 aromatic carbocycles. The van der Waals surface area contributed by atoms with Crippen molar-refractivity contribution in [3.8, 4) is 16.9 Å². The van der Waals surface area contributed by atoms with Gasteiger partial charge in [0.15, 0.2) is 11.5 Å². The molecule has 1 amide bonds. The van der Waals surface area contributed by atoms with Crippen molar-refractivity contribution < 1.29 is 19.0 Å². The summed E-state index contributed by atoms with van der Waals surface area (Å²) in [5.74, 6) is -0.277. The Morgan fingerprint density at radius 2 is 2.06 bits per heavy atom. The van der Waals surface area contributed by atoms with E-state index in [0.717, 1.165) is 0 Å². The first kappa shape index (κ1) is 20.3. The number of ether oxygens (including phenoxy) is 1. The number of aliphatic imine (C=N–C) groups is 1. The lowest BCUT2D eigenvalue weighted by Crippen LogP contribution is -2.56. The molecule has 3 aliphatic rings. The highest BCUT2D eigenvalue weighted by atomic mass is 35.5. The number of amides is 1. The molecule has 31 heavy (non-hydrogen) atoms. The van der Waals surface area contributed by atoms with Crippen LogP contribution in [-0.4, -0.2) is 40.6 Å². The summed E-state index contributed by atoms with van der Waals surface area (Å²) >= 11 is 6.06. The molecule has 1 spiro atoms. The number of rotatable bonds is 1. The van der Waals surface area contributed by atoms with Crippen LogP contribution in [0.4, 0.5) is 4.39 Å². The van der Waals surface area contributed by atoms with Gasteiger partial charge in [0.2, 0.25) is 0 Å². The zero-order chi connectivity index (χ0) is 22.1. The Labute approximate surface area is 184 Å². The first-order valence-electron chi connectivity index (χ1n) is 10.2. The topological polar surface area (TPSA) is 88.2 Å². The monoisotopic (exact) mass is 443 g/mol. The first-order chi connectivity index (χ1) is 14.6. The Hall–Kier alpha value is -2.64. The van der Waals surface area contributed by atoms with Gasteiger partial charge >= 0.3 is 0 Å². The fourth-order valence-corrected chi connectivity index (χ4v) is 5.43. The maximum absolute atomic E-state index is 14.0. The molecule has 0 aromatic heterocycles. The number of fused-ring (bicyclic) bond motifs is 4. The van der Waals surface area contributed by atoms with E-state index in [1.807, 2.05) is 6.07 Å². The number of nitrogens with zero attached hydrogens (tertiary/aromatic N) is 2. The summed E-state index contributed by atoms with van der Waals surface area (Å²) in [6.45, 7) is 1.78. The zero-order valence-corrected chi connectivity index (χ0v) is 18.0. The molecular weight excluding hydrogens is 421 g/mol. The van der Waals surface area contributed by atoms with Crippen LogP contribution in [0.1, 0.15) is 31.7 Å². The normalized spacial score (nSPS) is 31.8. The maximum Gasteiger partial charge on any atom is 0.262 e. The minimum absolute atomic E-state index is 0.146. The van der Waals surface area contributed by atoms with Crippen LogP contribution in [0.25, 0.3) is 11.1 Å². The van der Waals surface area contributed by atoms with Gasteiger partial charge in [-0.25, -0.2) is 9.38 Å². The Morgan fingerprint density at radius 3 is 2.74 bits per heavy atom. The molecule has 4 unspecified atom stereocenters. The van der Waals surface area contributed by atoms with Gasteiger partial charge in [-0.05, 0) is 61.2 Å². The first-order valence-corrected chi connectivity index (χ1v) is 10.6. The number of aliphatic hydroxyl groups is 1. The summed E-state index contributed by atoms with van der Waals surface area (Å²) in [6, 6.07) is 9.69. The molecule has 0 saturated heterocycles. The molecule has 4 atom stereocenters. The number of benzene rings is 2. The van der Waals surface area contributed by atoms with Crippen LogP contribution in [0.5, 0.6) is 5.75 Å². The van der Waals surface area contributed by atoms with Gasteiger partial charge in [-0.15, -0.1) is 0 Å². The smallest absolute Gasteiger partial charge is 0.262 e. The van der Waals surface area contributed by atoms with Crippen LogP contribution >= 0.6 is 11.6 Å². The summed E-state index contributed by atoms with van der Waals surface area (Å²) in [4.78, 5) is 19.6. The van der Waals surface area contributed by atoms with Crippen LogP contribution in [0.2, 0.25) is 5.02 Å². The number of hydrogen-bond acceptors (Lipinski definition) is 5. The van der Waals surface area contributed by atoms with E-state index in [2.05, 4.69) is 0 Å². The number of likely N-dealkylation sites (N-methyl/N-ethyl adjacent to an activating group) is 1. The Bertz CT molecular complexity index is 1110. The van der Waals surface area contributed by atoms with E-state index < -0.39 is 17.0 Å². The molecule has 8 heteroatoms. The molecule has 1 fully saturated rings. The van der Waals surface area contributed by atoms with E-state index in [1.54, 1.807) is 32.2 Å². The van der Waals surface area contributed by atoms with Crippen LogP contribution in [0, 0.1) is 11.7 Å². The highest BCUT2D eigenvalue weighted by Gasteiger charge is 2.61. The Kier molecular flexibility index (Phi) is 4.37. The van der Waals surface area contributed by atoms with Crippen molar-refractivity contribution in [3.05, 3.63) is 52.8 Å². The third-order valence-corrected chi connectivity index (χ3v) is 6.97. The number of guanidine groups is 1. The predicted molar refractivity (Wildman–Crippen MR) is 115 cm³/mol. The average molecular weight is 444 g/mol. The number of nitrogens with two attached hydrogens (primary N) is 1. The van der Waals surface area contributed by atoms with Gasteiger partial charge in [0.05, 0.1) is 5.60 Å². The molecular formula is C23H23ClFN3O3. The predicted octanol–water partition coefficient (Wildman–Crippen LogP) is 3.44. The second kappa shape index (κ2) is 6.68. The summed E-state index contributed by atoms with van der Waals surface area (Å²) in [5, 5.41) is 10.9. The zero-order valence-electron chi connectivity index (χ0n) is 17.2. The van der Waals surface area contributed by atoms with Gasteiger partial charge in [0.25, 0.3) is 5.91 Å². The van der Waals surface area contributed by atoms with Gasteiger partial charge in [-0.2, -0.15) is 0 Å². The maximum atomic E-state index is 14.0. The van der Waals surface area contributed by atoms with Gasteiger partial charge in [-0.1, -0.05) is 17.7 Å². The van der Waals surface area contributed by atoms with E-state index in [9.17, 15) is 14.3 Å². The number of carbonyl (C=O) groups excluding carboxylic acids is 1. The molecule has 1 aliphatic carbocycles. The van der Waals surface area contributed by atoms with E-state index in [1.165, 1.54) is 17.0 Å². The van der Waals surface area contributed by atoms with Crippen molar-refractivity contribution in [1.29, 1.82) is 0 Å². The van der Waals surface area contributed by atoms with E-state index in [-0.39, 0.29) is 28.9 Å². The fraction of sp³-hybridized carbons (Fsp3) is 0.391. The van der Waals surface area contributed by atoms with Crippen LogP contribution in [0.3, 0.4) is 0 Å². The Morgan fingerprint density at radius 1 is 1.29 bits per heavy atom. The minimum atomic E-state index is -1.24. The lowest BCUT2D eigenvalue weighted by atomic mass is 9.64. The average Bonchev–Trinajstić information content (AvgIpc) is 2.91. The summed E-state index contributed by atoms with van der Waals surface area (Å²) in [5.41, 5.74) is 5.87. The van der Waals surface area contributed by atoms with Crippen molar-refractivity contribution in [3.63, 3.8) is 0 Å². The third-order valence-electron chi connectivity index (χ3n) is 6.75. The third kappa shape index (κ3) is 3.02. The van der Waals surface area contributed by atoms with Crippen molar-refractivity contribution in [2.24, 2.45) is 16.6 Å². The highest BCUT2D eigenvalue weighted by Crippen LogP contribution is 2.55. The molecule has 6 nitrogen and oxygen atoms in total. The largest absolute Gasteiger partial charge is 0.490 e. The second-order valence-corrected chi connectivity index (χ2v) is 9.41. The lowest BCUT2D eigenvalue weighted by molar-refractivity contribution is -0.140. The quantitative estimate of drug-likeness (QED) is 0.706. The van der Waals surface area contributed by atoms with Crippen LogP contribution in [-0.2, 0) is 10.3 Å². The van der Waals surface area contributed by atoms with Gasteiger partial charge < -0.3 is 15.6 Å². The summed E-state index contributed by atoms with van der Waals surface area (Å²) in [6.07, 6.45) is 1.11. The molecule has 5 rings (SSSR count). The van der Waals surface area contributed by atoms with Crippen LogP contribution in [0.15, 0.2) is 41.4 Å². The van der Waals surface area contributed by atoms with Crippen LogP contribution < -0.4 is 10.5 Å². The van der Waals surface area contributed by atoms with Gasteiger partial charge in [0.1, 0.15) is 17.7 Å². The van der Waals surface area contributed by atoms with Crippen molar-refractivity contribution in [2.45, 2.75) is 43.4 Å². The standard InChI is InChI=1S/C23H23ClFN3O3/c1-22(30)6-5-16-19(11-22)31-18-4-3-12(13-7-14(24)10-15(25)8-13)9-17(18)23(16)20(29)28(2)21(26)27-23/h3-4,7-10,16,19,30H,5-6,11H2,1-2H3,(H2,26,27). The molecule has 2 aliphatic heterocycles. The van der Waals surface area contributed by atoms with Crippen molar-refractivity contribution >= 4 is 23.5 Å². The molecule has 2 heterocycles. The molecule has 162 valence electrons. The molecule has 0 bridgehead atoms. The number of halogens is 2. The van der Waals surface area contributed by atoms with Crippen molar-refractivity contribution in [1.82, 2.24) is 4.90 Å². The number of carbonyl (C=O) groups is 1. The molecule has 0 radical (unpaired) electrons. The Balaban J connectivity index is 1.71. The second-order valence-electron chi connectivity index (χ2n) is 8.97. The number of hydrogen-bond donors (Lipinski definition) is 2. The molecule has 3 N–H and O–H groups in total.